The van der Waals surface area contributed by atoms with Gasteiger partial charge in [0.25, 0.3) is 5.89 Å². The van der Waals surface area contributed by atoms with E-state index in [0.717, 1.165) is 12.1 Å². The van der Waals surface area contributed by atoms with Crippen molar-refractivity contribution >= 4 is 0 Å². The van der Waals surface area contributed by atoms with E-state index < -0.39 is 24.0 Å². The molecule has 0 bridgehead atoms. The van der Waals surface area contributed by atoms with Gasteiger partial charge in [0.1, 0.15) is 11.4 Å². The summed E-state index contributed by atoms with van der Waals surface area (Å²) in [5.74, 6) is -0.760. The summed E-state index contributed by atoms with van der Waals surface area (Å²) in [6.45, 7) is 4.00. The van der Waals surface area contributed by atoms with Crippen LogP contribution in [0.25, 0.3) is 23.0 Å². The number of nitrogens with zero attached hydrogens (tertiary/aromatic N) is 3. The van der Waals surface area contributed by atoms with Crippen LogP contribution in [0.2, 0.25) is 0 Å². The molecular weight excluding hydrogens is 382 g/mol. The summed E-state index contributed by atoms with van der Waals surface area (Å²) in [4.78, 5) is 3.86. The minimum absolute atomic E-state index is 0.0369. The Morgan fingerprint density at radius 1 is 1.00 bits per heavy atom. The van der Waals surface area contributed by atoms with Crippen LogP contribution in [0.4, 0.5) is 26.3 Å². The van der Waals surface area contributed by atoms with Crippen molar-refractivity contribution in [3.05, 3.63) is 36.0 Å². The normalized spacial score (nSPS) is 11.7. The molecule has 3 rings (SSSR count). The summed E-state index contributed by atoms with van der Waals surface area (Å²) < 4.78 is 82.3. The van der Waals surface area contributed by atoms with Gasteiger partial charge in [-0.15, -0.1) is 13.2 Å². The second-order valence-electron chi connectivity index (χ2n) is 4.66. The summed E-state index contributed by atoms with van der Waals surface area (Å²) in [6.07, 6.45) is -9.43. The maximum absolute atomic E-state index is 12.5. The maximum Gasteiger partial charge on any atom is 0.573 e. The average molecular weight is 394 g/mol. The molecule has 146 valence electrons. The molecule has 0 unspecified atom stereocenters. The van der Waals surface area contributed by atoms with Crippen LogP contribution in [0.5, 0.6) is 5.75 Å². The van der Waals surface area contributed by atoms with Crippen molar-refractivity contribution in [2.24, 2.45) is 0 Å². The van der Waals surface area contributed by atoms with Crippen LogP contribution < -0.4 is 4.74 Å². The Balaban J connectivity index is 0.00000126. The first kappa shape index (κ1) is 20.3. The molecule has 2 aromatic heterocycles. The van der Waals surface area contributed by atoms with Crippen molar-refractivity contribution in [1.82, 2.24) is 20.3 Å². The number of benzene rings is 1. The number of nitrogens with one attached hydrogen (secondary N) is 1. The lowest BCUT2D eigenvalue weighted by molar-refractivity contribution is -0.274. The topological polar surface area (TPSA) is 76.8 Å². The van der Waals surface area contributed by atoms with Gasteiger partial charge in [-0.25, -0.2) is 0 Å². The largest absolute Gasteiger partial charge is 0.573 e. The van der Waals surface area contributed by atoms with Crippen LogP contribution in [0, 0.1) is 0 Å². The number of hydrogen-bond donors (Lipinski definition) is 1. The number of alkyl halides is 6. The van der Waals surface area contributed by atoms with Gasteiger partial charge < -0.3 is 9.26 Å². The molecule has 0 amide bonds. The highest BCUT2D eigenvalue weighted by Gasteiger charge is 2.34. The third-order valence-electron chi connectivity index (χ3n) is 2.87. The van der Waals surface area contributed by atoms with E-state index in [1.807, 2.05) is 13.8 Å². The third kappa shape index (κ3) is 5.21. The standard InChI is InChI=1S/C13H6F6N4O2.C2H6/c14-12(15,16)9-5-8(21-22-9)11-20-10(23-25-11)6-1-3-7(4-2-6)24-13(17,18)19;1-2/h1-5H,(H,21,22);1-2H3. The molecule has 6 nitrogen and oxygen atoms in total. The number of halogens is 6. The van der Waals surface area contributed by atoms with E-state index in [4.69, 9.17) is 4.52 Å². The van der Waals surface area contributed by atoms with Crippen molar-refractivity contribution in [3.63, 3.8) is 0 Å². The highest BCUT2D eigenvalue weighted by molar-refractivity contribution is 5.58. The maximum atomic E-state index is 12.5. The lowest BCUT2D eigenvalue weighted by atomic mass is 10.2. The number of aromatic amines is 1. The Kier molecular flexibility index (Phi) is 5.76. The van der Waals surface area contributed by atoms with Gasteiger partial charge in [0.15, 0.2) is 5.69 Å². The van der Waals surface area contributed by atoms with E-state index in [1.54, 1.807) is 5.10 Å². The minimum Gasteiger partial charge on any atom is -0.406 e. The molecule has 0 aliphatic rings. The lowest BCUT2D eigenvalue weighted by Crippen LogP contribution is -2.16. The first-order valence-corrected chi connectivity index (χ1v) is 7.45. The van der Waals surface area contributed by atoms with Crippen molar-refractivity contribution in [3.8, 4) is 28.7 Å². The Hall–Kier alpha value is -3.05. The predicted molar refractivity (Wildman–Crippen MR) is 80.3 cm³/mol. The number of rotatable bonds is 3. The van der Waals surface area contributed by atoms with Crippen LogP contribution in [0.3, 0.4) is 0 Å². The van der Waals surface area contributed by atoms with Gasteiger partial charge in [-0.2, -0.15) is 23.3 Å². The van der Waals surface area contributed by atoms with E-state index in [2.05, 4.69) is 20.0 Å². The van der Waals surface area contributed by atoms with Gasteiger partial charge >= 0.3 is 12.5 Å². The van der Waals surface area contributed by atoms with Gasteiger partial charge in [0.2, 0.25) is 5.82 Å². The monoisotopic (exact) mass is 394 g/mol. The van der Waals surface area contributed by atoms with Crippen molar-refractivity contribution < 1.29 is 35.6 Å². The van der Waals surface area contributed by atoms with Crippen LogP contribution >= 0.6 is 0 Å². The first-order chi connectivity index (χ1) is 12.6. The van der Waals surface area contributed by atoms with Crippen LogP contribution in [0.15, 0.2) is 34.9 Å². The molecule has 0 spiro atoms. The lowest BCUT2D eigenvalue weighted by Gasteiger charge is -2.08. The van der Waals surface area contributed by atoms with Gasteiger partial charge in [-0.1, -0.05) is 19.0 Å². The number of H-pyrrole nitrogens is 1. The molecule has 0 saturated heterocycles. The smallest absolute Gasteiger partial charge is 0.406 e. The van der Waals surface area contributed by atoms with Crippen molar-refractivity contribution in [2.75, 3.05) is 0 Å². The molecule has 1 aromatic carbocycles. The Morgan fingerprint density at radius 2 is 1.63 bits per heavy atom. The molecule has 0 saturated carbocycles. The molecule has 1 N–H and O–H groups in total. The fraction of sp³-hybridized carbons (Fsp3) is 0.267. The highest BCUT2D eigenvalue weighted by atomic mass is 19.4. The molecule has 3 aromatic rings. The average Bonchev–Trinajstić information content (AvgIpc) is 3.25. The van der Waals surface area contributed by atoms with Gasteiger partial charge in [0.05, 0.1) is 0 Å². The summed E-state index contributed by atoms with van der Waals surface area (Å²) in [5.41, 5.74) is -1.03. The SMILES string of the molecule is CC.FC(F)(F)Oc1ccc(-c2noc(-c3cc(C(F)(F)F)[nH]n3)n2)cc1. The summed E-state index contributed by atoms with van der Waals surface area (Å²) in [7, 11) is 0. The number of ether oxygens (including phenoxy) is 1. The van der Waals surface area contributed by atoms with Gasteiger partial charge in [-0.3, -0.25) is 5.10 Å². The zero-order valence-electron chi connectivity index (χ0n) is 13.8. The molecule has 0 aliphatic heterocycles. The van der Waals surface area contributed by atoms with E-state index in [1.165, 1.54) is 12.1 Å². The number of hydrogen-bond acceptors (Lipinski definition) is 5. The van der Waals surface area contributed by atoms with Crippen molar-refractivity contribution in [1.29, 1.82) is 0 Å². The summed E-state index contributed by atoms with van der Waals surface area (Å²) in [5, 5.41) is 8.78. The Bertz CT molecular complexity index is 868. The molecule has 0 atom stereocenters. The second kappa shape index (κ2) is 7.68. The third-order valence-corrected chi connectivity index (χ3v) is 2.87. The highest BCUT2D eigenvalue weighted by Crippen LogP contribution is 2.31. The van der Waals surface area contributed by atoms with Crippen molar-refractivity contribution in [2.45, 2.75) is 26.4 Å². The van der Waals surface area contributed by atoms with Crippen LogP contribution in [-0.2, 0) is 6.18 Å². The second-order valence-corrected chi connectivity index (χ2v) is 4.66. The number of aromatic nitrogens is 4. The molecule has 12 heteroatoms. The predicted octanol–water partition coefficient (Wildman–Crippen LogP) is 5.07. The quantitative estimate of drug-likeness (QED) is 0.628. The summed E-state index contributed by atoms with van der Waals surface area (Å²) in [6, 6.07) is 5.24. The fourth-order valence-corrected chi connectivity index (χ4v) is 1.83. The van der Waals surface area contributed by atoms with E-state index in [-0.39, 0.29) is 23.0 Å². The van der Waals surface area contributed by atoms with E-state index in [0.29, 0.717) is 6.07 Å². The molecule has 0 radical (unpaired) electrons. The Morgan fingerprint density at radius 3 is 2.15 bits per heavy atom. The van der Waals surface area contributed by atoms with E-state index >= 15 is 0 Å². The van der Waals surface area contributed by atoms with Gasteiger partial charge in [0, 0.05) is 11.6 Å². The van der Waals surface area contributed by atoms with Crippen LogP contribution in [0.1, 0.15) is 19.5 Å². The van der Waals surface area contributed by atoms with Crippen LogP contribution in [-0.4, -0.2) is 26.7 Å². The Labute approximate surface area is 148 Å². The van der Waals surface area contributed by atoms with Gasteiger partial charge in [-0.05, 0) is 24.3 Å². The molecular formula is C15H12F6N4O2. The minimum atomic E-state index is -4.82. The summed E-state index contributed by atoms with van der Waals surface area (Å²) >= 11 is 0. The first-order valence-electron chi connectivity index (χ1n) is 7.45. The molecule has 0 aliphatic carbocycles. The molecule has 2 heterocycles. The molecule has 27 heavy (non-hydrogen) atoms. The zero-order valence-corrected chi connectivity index (χ0v) is 13.8. The van der Waals surface area contributed by atoms with E-state index in [9.17, 15) is 26.3 Å². The fourth-order valence-electron chi connectivity index (χ4n) is 1.83. The molecule has 0 fully saturated rings. The zero-order chi connectivity index (χ0) is 20.2.